The first-order valence-electron chi connectivity index (χ1n) is 4.90. The lowest BCUT2D eigenvalue weighted by atomic mass is 9.99. The molecule has 0 aromatic heterocycles. The van der Waals surface area contributed by atoms with Gasteiger partial charge in [-0.25, -0.2) is 4.39 Å². The Labute approximate surface area is 95.5 Å². The summed E-state index contributed by atoms with van der Waals surface area (Å²) in [5, 5.41) is 0. The van der Waals surface area contributed by atoms with Crippen LogP contribution >= 0.6 is 0 Å². The first kappa shape index (κ1) is 11.6. The van der Waals surface area contributed by atoms with Crippen molar-refractivity contribution in [3.05, 3.63) is 59.9 Å². The van der Waals surface area contributed by atoms with E-state index in [1.165, 1.54) is 12.1 Å². The van der Waals surface area contributed by atoms with E-state index in [1.807, 2.05) is 0 Å². The van der Waals surface area contributed by atoms with Crippen LogP contribution in [0.1, 0.15) is 5.56 Å². The zero-order chi connectivity index (χ0) is 12.5. The summed E-state index contributed by atoms with van der Waals surface area (Å²) in [7, 11) is 0. The minimum absolute atomic E-state index is 0.141. The molecule has 0 aliphatic rings. The van der Waals surface area contributed by atoms with Gasteiger partial charge in [-0.2, -0.15) is 13.2 Å². The molecule has 0 aliphatic heterocycles. The van der Waals surface area contributed by atoms with Crippen molar-refractivity contribution in [1.29, 1.82) is 0 Å². The van der Waals surface area contributed by atoms with Crippen LogP contribution in [0.4, 0.5) is 17.6 Å². The normalized spacial score (nSPS) is 11.5. The number of rotatable bonds is 1. The predicted octanol–water partition coefficient (Wildman–Crippen LogP) is 4.51. The molecule has 0 amide bonds. The van der Waals surface area contributed by atoms with Crippen molar-refractivity contribution in [2.24, 2.45) is 0 Å². The Morgan fingerprint density at radius 3 is 2.06 bits per heavy atom. The fourth-order valence-corrected chi connectivity index (χ4v) is 1.62. The highest BCUT2D eigenvalue weighted by molar-refractivity contribution is 5.68. The zero-order valence-corrected chi connectivity index (χ0v) is 8.63. The Morgan fingerprint density at radius 1 is 0.824 bits per heavy atom. The van der Waals surface area contributed by atoms with Crippen molar-refractivity contribution < 1.29 is 17.6 Å². The number of halogens is 4. The van der Waals surface area contributed by atoms with Gasteiger partial charge in [0, 0.05) is 0 Å². The molecule has 2 aromatic rings. The number of alkyl halides is 3. The topological polar surface area (TPSA) is 0 Å². The molecular weight excluding hydrogens is 232 g/mol. The Hall–Kier alpha value is -1.84. The second-order valence-electron chi connectivity index (χ2n) is 3.55. The second-order valence-corrected chi connectivity index (χ2v) is 3.55. The molecule has 0 N–H and O–H groups in total. The van der Waals surface area contributed by atoms with Crippen molar-refractivity contribution >= 4 is 0 Å². The predicted molar refractivity (Wildman–Crippen MR) is 56.8 cm³/mol. The van der Waals surface area contributed by atoms with Crippen molar-refractivity contribution in [3.8, 4) is 11.1 Å². The van der Waals surface area contributed by atoms with Crippen LogP contribution in [0.25, 0.3) is 11.1 Å². The maximum Gasteiger partial charge on any atom is 0.417 e. The first-order valence-corrected chi connectivity index (χ1v) is 4.90. The van der Waals surface area contributed by atoms with E-state index in [0.29, 0.717) is 5.56 Å². The van der Waals surface area contributed by atoms with Gasteiger partial charge in [0.2, 0.25) is 0 Å². The Bertz CT molecular complexity index is 515. The molecular formula is C13H8F4. The van der Waals surface area contributed by atoms with E-state index in [-0.39, 0.29) is 5.56 Å². The minimum atomic E-state index is -4.49. The molecule has 0 unspecified atom stereocenters. The van der Waals surface area contributed by atoms with Gasteiger partial charge in [0.05, 0.1) is 5.56 Å². The molecule has 0 nitrogen and oxygen atoms in total. The van der Waals surface area contributed by atoms with Gasteiger partial charge in [-0.05, 0) is 29.3 Å². The summed E-state index contributed by atoms with van der Waals surface area (Å²) in [5.74, 6) is -0.683. The molecule has 0 atom stereocenters. The van der Waals surface area contributed by atoms with E-state index in [4.69, 9.17) is 0 Å². The van der Waals surface area contributed by atoms with Crippen LogP contribution in [0.15, 0.2) is 48.5 Å². The largest absolute Gasteiger partial charge is 0.417 e. The van der Waals surface area contributed by atoms with Crippen molar-refractivity contribution in [2.45, 2.75) is 6.18 Å². The molecule has 4 heteroatoms. The SMILES string of the molecule is Fc1ccc(C(F)(F)F)c(-c2ccccc2)c1. The van der Waals surface area contributed by atoms with Gasteiger partial charge >= 0.3 is 6.18 Å². The molecule has 2 rings (SSSR count). The summed E-state index contributed by atoms with van der Waals surface area (Å²) in [6.45, 7) is 0. The van der Waals surface area contributed by atoms with Gasteiger partial charge in [0.25, 0.3) is 0 Å². The smallest absolute Gasteiger partial charge is 0.207 e. The number of hydrogen-bond acceptors (Lipinski definition) is 0. The molecule has 0 fully saturated rings. The summed E-state index contributed by atoms with van der Waals surface area (Å²) in [6, 6.07) is 10.4. The van der Waals surface area contributed by atoms with Crippen LogP contribution in [0.5, 0.6) is 0 Å². The standard InChI is InChI=1S/C13H8F4/c14-10-6-7-12(13(15,16)17)11(8-10)9-4-2-1-3-5-9/h1-8H. The van der Waals surface area contributed by atoms with Gasteiger partial charge < -0.3 is 0 Å². The lowest BCUT2D eigenvalue weighted by molar-refractivity contribution is -0.137. The summed E-state index contributed by atoms with van der Waals surface area (Å²) < 4.78 is 51.3. The molecule has 0 saturated heterocycles. The fourth-order valence-electron chi connectivity index (χ4n) is 1.62. The maximum absolute atomic E-state index is 13.1. The second kappa shape index (κ2) is 4.20. The zero-order valence-electron chi connectivity index (χ0n) is 8.63. The molecule has 17 heavy (non-hydrogen) atoms. The minimum Gasteiger partial charge on any atom is -0.207 e. The van der Waals surface area contributed by atoms with Crippen LogP contribution < -0.4 is 0 Å². The number of hydrogen-bond donors (Lipinski definition) is 0. The Kier molecular flexibility index (Phi) is 2.88. The highest BCUT2D eigenvalue weighted by Gasteiger charge is 2.33. The van der Waals surface area contributed by atoms with Gasteiger partial charge in [0.15, 0.2) is 0 Å². The van der Waals surface area contributed by atoms with Crippen molar-refractivity contribution in [2.75, 3.05) is 0 Å². The molecule has 2 aromatic carbocycles. The number of benzene rings is 2. The van der Waals surface area contributed by atoms with Gasteiger partial charge in [-0.3, -0.25) is 0 Å². The highest BCUT2D eigenvalue weighted by Crippen LogP contribution is 2.37. The quantitative estimate of drug-likeness (QED) is 0.643. The van der Waals surface area contributed by atoms with Crippen LogP contribution in [0.2, 0.25) is 0 Å². The average Bonchev–Trinajstić information content (AvgIpc) is 2.28. The first-order chi connectivity index (χ1) is 7.98. The van der Waals surface area contributed by atoms with Crippen molar-refractivity contribution in [3.63, 3.8) is 0 Å². The lowest BCUT2D eigenvalue weighted by Gasteiger charge is -2.12. The molecule has 0 spiro atoms. The maximum atomic E-state index is 13.1. The molecule has 0 saturated carbocycles. The van der Waals surface area contributed by atoms with E-state index in [1.54, 1.807) is 18.2 Å². The summed E-state index contributed by atoms with van der Waals surface area (Å²) in [5.41, 5.74) is -0.623. The van der Waals surface area contributed by atoms with Crippen LogP contribution in [0.3, 0.4) is 0 Å². The Morgan fingerprint density at radius 2 is 1.47 bits per heavy atom. The summed E-state index contributed by atoms with van der Waals surface area (Å²) in [6.07, 6.45) is -4.49. The summed E-state index contributed by atoms with van der Waals surface area (Å²) >= 11 is 0. The van der Waals surface area contributed by atoms with E-state index >= 15 is 0 Å². The third-order valence-corrected chi connectivity index (χ3v) is 2.37. The van der Waals surface area contributed by atoms with E-state index in [9.17, 15) is 17.6 Å². The lowest BCUT2D eigenvalue weighted by Crippen LogP contribution is -2.07. The molecule has 0 bridgehead atoms. The van der Waals surface area contributed by atoms with Crippen LogP contribution in [-0.4, -0.2) is 0 Å². The van der Waals surface area contributed by atoms with Gasteiger partial charge in [-0.1, -0.05) is 30.3 Å². The highest BCUT2D eigenvalue weighted by atomic mass is 19.4. The average molecular weight is 240 g/mol. The monoisotopic (exact) mass is 240 g/mol. The molecule has 0 radical (unpaired) electrons. The molecule has 88 valence electrons. The van der Waals surface area contributed by atoms with Crippen molar-refractivity contribution in [1.82, 2.24) is 0 Å². The van der Waals surface area contributed by atoms with E-state index in [0.717, 1.165) is 18.2 Å². The van der Waals surface area contributed by atoms with E-state index in [2.05, 4.69) is 0 Å². The molecule has 0 heterocycles. The van der Waals surface area contributed by atoms with Crippen LogP contribution in [-0.2, 0) is 6.18 Å². The van der Waals surface area contributed by atoms with Crippen LogP contribution in [0, 0.1) is 5.82 Å². The Balaban J connectivity index is 2.64. The summed E-state index contributed by atoms with van der Waals surface area (Å²) in [4.78, 5) is 0. The van der Waals surface area contributed by atoms with E-state index < -0.39 is 17.6 Å². The third kappa shape index (κ3) is 2.46. The molecule has 0 aliphatic carbocycles. The fraction of sp³-hybridized carbons (Fsp3) is 0.0769. The van der Waals surface area contributed by atoms with Gasteiger partial charge in [-0.15, -0.1) is 0 Å². The van der Waals surface area contributed by atoms with Gasteiger partial charge in [0.1, 0.15) is 5.82 Å². The third-order valence-electron chi connectivity index (χ3n) is 2.37.